The van der Waals surface area contributed by atoms with Gasteiger partial charge in [0.2, 0.25) is 5.91 Å². The third-order valence-corrected chi connectivity index (χ3v) is 16.5. The zero-order valence-corrected chi connectivity index (χ0v) is 59.2. The van der Waals surface area contributed by atoms with E-state index >= 15 is 0 Å². The molecule has 89 heavy (non-hydrogen) atoms. The first kappa shape index (κ1) is 85.2. The van der Waals surface area contributed by atoms with Gasteiger partial charge in [0, 0.05) is 12.8 Å². The lowest BCUT2D eigenvalue weighted by molar-refractivity contribution is -0.870. The molecule has 9 nitrogen and oxygen atoms in total. The molecule has 0 saturated carbocycles. The van der Waals surface area contributed by atoms with Crippen molar-refractivity contribution >= 4 is 19.7 Å². The van der Waals surface area contributed by atoms with Crippen LogP contribution in [-0.4, -0.2) is 69.4 Å². The predicted octanol–water partition coefficient (Wildman–Crippen LogP) is 22.9. The summed E-state index contributed by atoms with van der Waals surface area (Å²) in [7, 11) is 1.16. The van der Waals surface area contributed by atoms with Crippen molar-refractivity contribution < 1.29 is 37.3 Å². The van der Waals surface area contributed by atoms with Crippen molar-refractivity contribution in [3.8, 4) is 0 Å². The molecule has 3 atom stereocenters. The molecule has 0 fully saturated rings. The van der Waals surface area contributed by atoms with E-state index in [1.807, 2.05) is 33.3 Å². The number of carbonyl (C=O) groups excluding carboxylic acids is 2. The number of amides is 1. The second-order valence-corrected chi connectivity index (χ2v) is 26.7. The Hall–Kier alpha value is -3.85. The van der Waals surface area contributed by atoms with Crippen LogP contribution in [0.1, 0.15) is 303 Å². The first-order valence-corrected chi connectivity index (χ1v) is 38.0. The van der Waals surface area contributed by atoms with E-state index in [2.05, 4.69) is 148 Å². The minimum Gasteiger partial charge on any atom is -0.756 e. The number of phosphoric acid groups is 1. The van der Waals surface area contributed by atoms with Crippen molar-refractivity contribution in [2.45, 2.75) is 315 Å². The molecule has 0 aliphatic heterocycles. The Morgan fingerprint density at radius 3 is 1.08 bits per heavy atom. The quantitative estimate of drug-likeness (QED) is 0.0212. The number of nitrogens with zero attached hydrogens (tertiary/aromatic N) is 1. The van der Waals surface area contributed by atoms with Crippen LogP contribution >= 0.6 is 7.82 Å². The highest BCUT2D eigenvalue weighted by atomic mass is 31.2. The van der Waals surface area contributed by atoms with E-state index in [4.69, 9.17) is 13.8 Å². The van der Waals surface area contributed by atoms with Gasteiger partial charge in [-0.15, -0.1) is 0 Å². The van der Waals surface area contributed by atoms with Crippen LogP contribution in [0.5, 0.6) is 0 Å². The van der Waals surface area contributed by atoms with E-state index in [-0.39, 0.29) is 24.9 Å². The van der Waals surface area contributed by atoms with Crippen molar-refractivity contribution in [2.24, 2.45) is 0 Å². The lowest BCUT2D eigenvalue weighted by atomic mass is 10.0. The topological polar surface area (TPSA) is 114 Å². The standard InChI is InChI=1S/C79H137N2O7P/c1-7-10-13-16-19-22-25-28-30-32-34-36-38-39-40-41-43-44-46-48-50-53-56-59-62-65-68-71-78(82)80-76(75-87-89(84,85)86-74-73-81(4,5)6)77(70-67-64-61-58-55-52-27-24-21-18-15-12-9-3)88-79(83)72-69-66-63-60-57-54-51-49-47-45-42-37-35-33-31-29-26-23-20-17-14-11-8-2/h10-11,13-14,19-20,22-23,28-31,34-37,39-40,45,47,67,70,76-77H,7-9,12,15-18,21,24-27,32-33,38,41-44,46,48-66,68-69,71-75H2,1-6H3,(H-,80,82,84,85)/b13-10-,14-11-,22-19-,23-20-,30-28-,31-29-,36-34-,37-35-,40-39-,47-45-,70-67-. The van der Waals surface area contributed by atoms with Crippen LogP contribution in [0.25, 0.3) is 0 Å². The van der Waals surface area contributed by atoms with Crippen LogP contribution in [0.3, 0.4) is 0 Å². The van der Waals surface area contributed by atoms with Gasteiger partial charge in [0.15, 0.2) is 0 Å². The van der Waals surface area contributed by atoms with Gasteiger partial charge in [-0.1, -0.05) is 302 Å². The van der Waals surface area contributed by atoms with Crippen LogP contribution in [0, 0.1) is 0 Å². The van der Waals surface area contributed by atoms with Crippen molar-refractivity contribution in [2.75, 3.05) is 40.9 Å². The van der Waals surface area contributed by atoms with Crippen molar-refractivity contribution in [1.29, 1.82) is 0 Å². The third kappa shape index (κ3) is 68.4. The number of likely N-dealkylation sites (N-methyl/N-ethyl adjacent to an activating group) is 1. The number of esters is 1. The third-order valence-electron chi connectivity index (χ3n) is 15.6. The molecular formula is C79H137N2O7P. The highest BCUT2D eigenvalue weighted by Crippen LogP contribution is 2.38. The average molecular weight is 1260 g/mol. The Bertz CT molecular complexity index is 1990. The fourth-order valence-electron chi connectivity index (χ4n) is 10.0. The molecule has 0 aromatic carbocycles. The van der Waals surface area contributed by atoms with Crippen molar-refractivity contribution in [3.63, 3.8) is 0 Å². The van der Waals surface area contributed by atoms with E-state index in [1.165, 1.54) is 122 Å². The Balaban J connectivity index is 5.11. The van der Waals surface area contributed by atoms with E-state index < -0.39 is 26.6 Å². The normalized spacial score (nSPS) is 14.3. The highest BCUT2D eigenvalue weighted by Gasteiger charge is 2.27. The molecule has 0 spiro atoms. The number of carbonyl (C=O) groups is 2. The van der Waals surface area contributed by atoms with Crippen molar-refractivity contribution in [3.05, 3.63) is 134 Å². The number of hydrogen-bond donors (Lipinski definition) is 1. The summed E-state index contributed by atoms with van der Waals surface area (Å²) >= 11 is 0. The van der Waals surface area contributed by atoms with Gasteiger partial charge in [-0.2, -0.15) is 0 Å². The van der Waals surface area contributed by atoms with Gasteiger partial charge < -0.3 is 28.5 Å². The predicted molar refractivity (Wildman–Crippen MR) is 385 cm³/mol. The fraction of sp³-hybridized carbons (Fsp3) is 0.696. The number of ether oxygens (including phenoxy) is 1. The molecule has 10 heteroatoms. The molecule has 0 radical (unpaired) electrons. The monoisotopic (exact) mass is 1260 g/mol. The number of allylic oxidation sites excluding steroid dienone is 21. The smallest absolute Gasteiger partial charge is 0.306 e. The summed E-state index contributed by atoms with van der Waals surface area (Å²) < 4.78 is 30.5. The van der Waals surface area contributed by atoms with Gasteiger partial charge in [0.25, 0.3) is 7.82 Å². The van der Waals surface area contributed by atoms with E-state index in [9.17, 15) is 19.0 Å². The Labute approximate surface area is 549 Å². The van der Waals surface area contributed by atoms with E-state index in [1.54, 1.807) is 0 Å². The van der Waals surface area contributed by atoms with E-state index in [0.29, 0.717) is 23.9 Å². The van der Waals surface area contributed by atoms with Gasteiger partial charge >= 0.3 is 5.97 Å². The second-order valence-electron chi connectivity index (χ2n) is 25.3. The molecule has 0 aliphatic carbocycles. The summed E-state index contributed by atoms with van der Waals surface area (Å²) in [5, 5.41) is 3.04. The maximum atomic E-state index is 13.6. The summed E-state index contributed by atoms with van der Waals surface area (Å²) in [5.74, 6) is -0.559. The molecular weight excluding hydrogens is 1120 g/mol. The molecule has 1 N–H and O–H groups in total. The molecule has 0 bridgehead atoms. The molecule has 0 aromatic heterocycles. The van der Waals surface area contributed by atoms with Crippen molar-refractivity contribution in [1.82, 2.24) is 5.32 Å². The van der Waals surface area contributed by atoms with Gasteiger partial charge in [0.1, 0.15) is 19.3 Å². The Kier molecular flexibility index (Phi) is 64.2. The summed E-state index contributed by atoms with van der Waals surface area (Å²) in [6.45, 7) is 6.62. The van der Waals surface area contributed by atoms with Crippen LogP contribution in [0.15, 0.2) is 134 Å². The number of quaternary nitrogens is 1. The minimum atomic E-state index is -4.72. The van der Waals surface area contributed by atoms with Gasteiger partial charge in [-0.3, -0.25) is 14.2 Å². The molecule has 3 unspecified atom stereocenters. The number of phosphoric ester groups is 1. The summed E-state index contributed by atoms with van der Waals surface area (Å²) in [5.41, 5.74) is 0. The fourth-order valence-corrected chi connectivity index (χ4v) is 10.8. The van der Waals surface area contributed by atoms with Gasteiger partial charge in [-0.25, -0.2) is 0 Å². The van der Waals surface area contributed by atoms with Gasteiger partial charge in [-0.05, 0) is 122 Å². The van der Waals surface area contributed by atoms with Gasteiger partial charge in [0.05, 0.1) is 33.8 Å². The zero-order valence-electron chi connectivity index (χ0n) is 58.3. The van der Waals surface area contributed by atoms with Crippen LogP contribution < -0.4 is 10.2 Å². The first-order valence-electron chi connectivity index (χ1n) is 36.5. The Morgan fingerprint density at radius 1 is 0.404 bits per heavy atom. The molecule has 0 aliphatic rings. The number of rotatable bonds is 65. The summed E-state index contributed by atoms with van der Waals surface area (Å²) in [6.07, 6.45) is 95.7. The molecule has 0 saturated heterocycles. The molecule has 0 heterocycles. The van der Waals surface area contributed by atoms with Crippen LogP contribution in [0.2, 0.25) is 0 Å². The summed E-state index contributed by atoms with van der Waals surface area (Å²) in [4.78, 5) is 40.3. The maximum Gasteiger partial charge on any atom is 0.306 e. The lowest BCUT2D eigenvalue weighted by Crippen LogP contribution is -2.47. The average Bonchev–Trinajstić information content (AvgIpc) is 3.65. The largest absolute Gasteiger partial charge is 0.756 e. The SMILES string of the molecule is CC/C=C\C/C=C\C/C=C\C/C=C\C/C=C\CCCCCCCCCCCCCC(=O)NC(COP(=O)([O-])OCC[N+](C)(C)C)C(/C=C\CCCCCCCCCCCCC)OC(=O)CCCCCCCCC/C=C\C/C=C\C/C=C\C/C=C\C/C=C\CC. The number of nitrogens with one attached hydrogen (secondary N) is 1. The molecule has 1 amide bonds. The molecule has 0 rings (SSSR count). The maximum absolute atomic E-state index is 13.6. The number of unbranched alkanes of at least 4 members (excludes halogenated alkanes) is 29. The first-order chi connectivity index (χ1) is 43.4. The second kappa shape index (κ2) is 67.1. The zero-order chi connectivity index (χ0) is 64.9. The Morgan fingerprint density at radius 2 is 0.719 bits per heavy atom. The molecule has 510 valence electrons. The van der Waals surface area contributed by atoms with Crippen LogP contribution in [-0.2, 0) is 27.9 Å². The number of hydrogen-bond acceptors (Lipinski definition) is 7. The molecule has 0 aromatic rings. The highest BCUT2D eigenvalue weighted by molar-refractivity contribution is 7.45. The van der Waals surface area contributed by atoms with Crippen LogP contribution in [0.4, 0.5) is 0 Å². The summed E-state index contributed by atoms with van der Waals surface area (Å²) in [6, 6.07) is -0.906. The lowest BCUT2D eigenvalue weighted by Gasteiger charge is -2.30. The van der Waals surface area contributed by atoms with E-state index in [0.717, 1.165) is 141 Å². The minimum absolute atomic E-state index is 0.0311.